The van der Waals surface area contributed by atoms with Crippen LogP contribution in [-0.2, 0) is 17.1 Å². The van der Waals surface area contributed by atoms with Crippen LogP contribution in [-0.4, -0.2) is 18.2 Å². The lowest BCUT2D eigenvalue weighted by Crippen LogP contribution is -2.16. The highest BCUT2D eigenvalue weighted by Crippen LogP contribution is 2.28. The second kappa shape index (κ2) is 5.19. The molecule has 0 saturated carbocycles. The minimum Gasteiger partial charge on any atom is -0.396 e. The molecule has 0 aliphatic rings. The van der Waals surface area contributed by atoms with Gasteiger partial charge in [-0.3, -0.25) is 9.40 Å². The first-order valence-electron chi connectivity index (χ1n) is 5.91. The Morgan fingerprint density at radius 3 is 2.52 bits per heavy atom. The number of rotatable bonds is 3. The third-order valence-corrected chi connectivity index (χ3v) is 4.63. The molecule has 0 unspecified atom stereocenters. The predicted octanol–water partition coefficient (Wildman–Crippen LogP) is 2.21. The number of sulfonamides is 1. The van der Waals surface area contributed by atoms with Crippen molar-refractivity contribution in [2.75, 3.05) is 10.5 Å². The van der Waals surface area contributed by atoms with Gasteiger partial charge in [0, 0.05) is 12.1 Å². The topological polar surface area (TPSA) is 90.0 Å². The zero-order valence-electron chi connectivity index (χ0n) is 11.6. The lowest BCUT2D eigenvalue weighted by atomic mass is 10.3. The van der Waals surface area contributed by atoms with Gasteiger partial charge in [-0.05, 0) is 26.0 Å². The molecule has 0 fully saturated rings. The van der Waals surface area contributed by atoms with Crippen molar-refractivity contribution in [1.82, 2.24) is 9.78 Å². The Morgan fingerprint density at radius 2 is 2.00 bits per heavy atom. The Hall–Kier alpha value is -1.80. The maximum Gasteiger partial charge on any atom is 0.265 e. The Labute approximate surface area is 126 Å². The molecule has 0 spiro atoms. The molecule has 1 aromatic carbocycles. The summed E-state index contributed by atoms with van der Waals surface area (Å²) in [5.74, 6) is -1.04. The maximum absolute atomic E-state index is 14.0. The van der Waals surface area contributed by atoms with Crippen molar-refractivity contribution in [3.8, 4) is 0 Å². The van der Waals surface area contributed by atoms with Crippen molar-refractivity contribution in [1.29, 1.82) is 0 Å². The average molecular weight is 333 g/mol. The molecule has 0 aliphatic heterocycles. The molecule has 3 N–H and O–H groups in total. The van der Waals surface area contributed by atoms with Crippen LogP contribution in [0, 0.1) is 19.7 Å². The van der Waals surface area contributed by atoms with E-state index >= 15 is 0 Å². The highest BCUT2D eigenvalue weighted by atomic mass is 35.5. The fourth-order valence-electron chi connectivity index (χ4n) is 1.89. The first kappa shape index (κ1) is 15.6. The largest absolute Gasteiger partial charge is 0.396 e. The molecule has 0 aliphatic carbocycles. The van der Waals surface area contributed by atoms with Crippen LogP contribution in [0.2, 0.25) is 5.02 Å². The molecule has 0 bridgehead atoms. The smallest absolute Gasteiger partial charge is 0.265 e. The number of halogens is 2. The second-order valence-corrected chi connectivity index (χ2v) is 6.67. The number of hydrogen-bond acceptors (Lipinski definition) is 4. The van der Waals surface area contributed by atoms with Gasteiger partial charge in [-0.1, -0.05) is 11.6 Å². The number of nitrogen functional groups attached to an aromatic ring is 1. The fraction of sp³-hybridized carbons (Fsp3) is 0.250. The number of aryl methyl sites for hydroxylation is 2. The van der Waals surface area contributed by atoms with Crippen molar-refractivity contribution in [2.45, 2.75) is 18.7 Å². The van der Waals surface area contributed by atoms with Gasteiger partial charge < -0.3 is 5.73 Å². The highest BCUT2D eigenvalue weighted by molar-refractivity contribution is 7.92. The zero-order chi connectivity index (χ0) is 15.9. The molecule has 1 aromatic heterocycles. The quantitative estimate of drug-likeness (QED) is 0.843. The van der Waals surface area contributed by atoms with Crippen molar-refractivity contribution in [3.63, 3.8) is 0 Å². The average Bonchev–Trinajstić information content (AvgIpc) is 2.60. The number of aromatic nitrogens is 2. The lowest BCUT2D eigenvalue weighted by Gasteiger charge is -2.11. The Bertz CT molecular complexity index is 817. The summed E-state index contributed by atoms with van der Waals surface area (Å²) in [6.07, 6.45) is 0. The molecule has 0 atom stereocenters. The van der Waals surface area contributed by atoms with E-state index < -0.39 is 20.7 Å². The predicted molar refractivity (Wildman–Crippen MR) is 79.3 cm³/mol. The van der Waals surface area contributed by atoms with Crippen molar-refractivity contribution >= 4 is 33.0 Å². The molecular formula is C12H14ClFN4O2S. The molecular weight excluding hydrogens is 319 g/mol. The van der Waals surface area contributed by atoms with Crippen LogP contribution in [0.25, 0.3) is 0 Å². The number of nitrogens with two attached hydrogens (primary N) is 1. The van der Waals surface area contributed by atoms with E-state index in [4.69, 9.17) is 17.3 Å². The van der Waals surface area contributed by atoms with E-state index in [2.05, 4.69) is 9.82 Å². The van der Waals surface area contributed by atoms with Crippen LogP contribution in [0.15, 0.2) is 17.0 Å². The van der Waals surface area contributed by atoms with Gasteiger partial charge in [0.1, 0.15) is 4.90 Å². The number of hydrogen-bond donors (Lipinski definition) is 2. The van der Waals surface area contributed by atoms with Gasteiger partial charge in [0.25, 0.3) is 10.0 Å². The van der Waals surface area contributed by atoms with Gasteiger partial charge in [0.15, 0.2) is 5.82 Å². The summed E-state index contributed by atoms with van der Waals surface area (Å²) >= 11 is 5.74. The third kappa shape index (κ3) is 2.81. The summed E-state index contributed by atoms with van der Waals surface area (Å²) < 4.78 is 42.5. The van der Waals surface area contributed by atoms with Crippen LogP contribution in [0.5, 0.6) is 0 Å². The van der Waals surface area contributed by atoms with Gasteiger partial charge in [0.05, 0.1) is 22.8 Å². The molecule has 9 heteroatoms. The monoisotopic (exact) mass is 332 g/mol. The molecule has 2 aromatic rings. The summed E-state index contributed by atoms with van der Waals surface area (Å²) in [7, 11) is -2.48. The van der Waals surface area contributed by atoms with Gasteiger partial charge in [0.2, 0.25) is 0 Å². The van der Waals surface area contributed by atoms with Crippen LogP contribution >= 0.6 is 11.6 Å². The van der Waals surface area contributed by atoms with E-state index in [1.54, 1.807) is 20.9 Å². The van der Waals surface area contributed by atoms with Gasteiger partial charge in [-0.2, -0.15) is 5.10 Å². The van der Waals surface area contributed by atoms with Crippen molar-refractivity contribution in [2.24, 2.45) is 7.05 Å². The molecule has 21 heavy (non-hydrogen) atoms. The number of nitrogens with zero attached hydrogens (tertiary/aromatic N) is 2. The van der Waals surface area contributed by atoms with Crippen molar-refractivity contribution < 1.29 is 12.8 Å². The summed E-state index contributed by atoms with van der Waals surface area (Å²) in [6.45, 7) is 3.34. The van der Waals surface area contributed by atoms with E-state index in [1.807, 2.05) is 0 Å². The van der Waals surface area contributed by atoms with Crippen LogP contribution in [0.3, 0.4) is 0 Å². The number of anilines is 2. The summed E-state index contributed by atoms with van der Waals surface area (Å²) in [6, 6.07) is 2.16. The standard InChI is InChI=1S/C12H14ClFN4O2S/c1-6-12(7(2)18(3)16-6)17-21(19,20)10-5-8(13)4-9(15)11(10)14/h4-5,17H,15H2,1-3H3. The van der Waals surface area contributed by atoms with Crippen LogP contribution in [0.4, 0.5) is 15.8 Å². The molecule has 0 amide bonds. The van der Waals surface area contributed by atoms with E-state index in [9.17, 15) is 12.8 Å². The maximum atomic E-state index is 14.0. The SMILES string of the molecule is Cc1nn(C)c(C)c1NS(=O)(=O)c1cc(Cl)cc(N)c1F. The highest BCUT2D eigenvalue weighted by Gasteiger charge is 2.24. The van der Waals surface area contributed by atoms with Gasteiger partial charge in [-0.25, -0.2) is 12.8 Å². The zero-order valence-corrected chi connectivity index (χ0v) is 13.2. The van der Waals surface area contributed by atoms with Gasteiger partial charge in [-0.15, -0.1) is 0 Å². The lowest BCUT2D eigenvalue weighted by molar-refractivity contribution is 0.573. The summed E-state index contributed by atoms with van der Waals surface area (Å²) in [5, 5.41) is 4.13. The summed E-state index contributed by atoms with van der Waals surface area (Å²) in [5.41, 5.74) is 6.46. The van der Waals surface area contributed by atoms with E-state index in [1.165, 1.54) is 4.68 Å². The minimum absolute atomic E-state index is 0.0360. The first-order valence-corrected chi connectivity index (χ1v) is 7.77. The normalized spacial score (nSPS) is 11.7. The third-order valence-electron chi connectivity index (χ3n) is 3.07. The number of nitrogens with one attached hydrogen (secondary N) is 1. The fourth-order valence-corrected chi connectivity index (χ4v) is 3.49. The first-order chi connectivity index (χ1) is 9.63. The Kier molecular flexibility index (Phi) is 3.85. The Morgan fingerprint density at radius 1 is 1.38 bits per heavy atom. The Balaban J connectivity index is 2.54. The van der Waals surface area contributed by atoms with Crippen molar-refractivity contribution in [3.05, 3.63) is 34.4 Å². The molecule has 0 saturated heterocycles. The molecule has 0 radical (unpaired) electrons. The minimum atomic E-state index is -4.16. The molecule has 1 heterocycles. The van der Waals surface area contributed by atoms with E-state index in [0.717, 1.165) is 12.1 Å². The molecule has 114 valence electrons. The van der Waals surface area contributed by atoms with Crippen LogP contribution in [0.1, 0.15) is 11.4 Å². The molecule has 2 rings (SSSR count). The van der Waals surface area contributed by atoms with E-state index in [-0.39, 0.29) is 10.7 Å². The summed E-state index contributed by atoms with van der Waals surface area (Å²) in [4.78, 5) is -0.602. The van der Waals surface area contributed by atoms with Gasteiger partial charge >= 0.3 is 0 Å². The van der Waals surface area contributed by atoms with E-state index in [0.29, 0.717) is 17.1 Å². The second-order valence-electron chi connectivity index (χ2n) is 4.58. The number of benzene rings is 1. The van der Waals surface area contributed by atoms with Crippen LogP contribution < -0.4 is 10.5 Å². The molecule has 6 nitrogen and oxygen atoms in total.